The maximum Gasteiger partial charge on any atom is 0.251 e. The number of halogens is 1. The number of hydrogen-bond acceptors (Lipinski definition) is 2. The van der Waals surface area contributed by atoms with Gasteiger partial charge in [-0.25, -0.2) is 0 Å². The third-order valence-corrected chi connectivity index (χ3v) is 2.61. The number of carbonyl (C=O) groups excluding carboxylic acids is 1. The van der Waals surface area contributed by atoms with Gasteiger partial charge in [0, 0.05) is 17.3 Å². The number of nitrogen functional groups attached to an aromatic ring is 1. The molecule has 3 nitrogen and oxygen atoms in total. The summed E-state index contributed by atoms with van der Waals surface area (Å²) in [4.78, 5) is 11.9. The molecule has 0 aromatic heterocycles. The molecular formula is C13H21ClN2O. The molecule has 3 N–H and O–H groups in total. The summed E-state index contributed by atoms with van der Waals surface area (Å²) in [7, 11) is 0. The summed E-state index contributed by atoms with van der Waals surface area (Å²) in [6.07, 6.45) is 3.06. The molecule has 0 fully saturated rings. The number of hydrogen-bond donors (Lipinski definition) is 2. The maximum absolute atomic E-state index is 11.9. The van der Waals surface area contributed by atoms with Gasteiger partial charge in [0.1, 0.15) is 0 Å². The second-order valence-electron chi connectivity index (χ2n) is 3.99. The Hall–Kier alpha value is -1.22. The fourth-order valence-electron chi connectivity index (χ4n) is 1.68. The van der Waals surface area contributed by atoms with E-state index in [2.05, 4.69) is 19.2 Å². The second kappa shape index (κ2) is 7.96. The predicted octanol–water partition coefficient (Wildman–Crippen LogP) is 3.00. The Morgan fingerprint density at radius 3 is 2.65 bits per heavy atom. The summed E-state index contributed by atoms with van der Waals surface area (Å²) in [5.41, 5.74) is 6.89. The van der Waals surface area contributed by atoms with E-state index in [0.29, 0.717) is 11.3 Å². The molecule has 0 heterocycles. The zero-order valence-electron chi connectivity index (χ0n) is 10.4. The quantitative estimate of drug-likeness (QED) is 0.796. The number of carbonyl (C=O) groups is 1. The Morgan fingerprint density at radius 2 is 2.12 bits per heavy atom. The molecule has 1 atom stereocenters. The zero-order chi connectivity index (χ0) is 12.0. The fourth-order valence-corrected chi connectivity index (χ4v) is 1.68. The highest BCUT2D eigenvalue weighted by atomic mass is 35.5. The minimum absolute atomic E-state index is 0. The van der Waals surface area contributed by atoms with Crippen molar-refractivity contribution in [1.29, 1.82) is 0 Å². The van der Waals surface area contributed by atoms with Crippen molar-refractivity contribution in [3.8, 4) is 0 Å². The molecule has 0 aliphatic heterocycles. The monoisotopic (exact) mass is 256 g/mol. The molecule has 0 spiro atoms. The molecule has 1 rings (SSSR count). The maximum atomic E-state index is 11.9. The van der Waals surface area contributed by atoms with Gasteiger partial charge in [-0.15, -0.1) is 12.4 Å². The van der Waals surface area contributed by atoms with Crippen LogP contribution >= 0.6 is 12.4 Å². The Kier molecular flexibility index (Phi) is 7.39. The van der Waals surface area contributed by atoms with Crippen molar-refractivity contribution in [2.24, 2.45) is 0 Å². The number of anilines is 1. The van der Waals surface area contributed by atoms with Crippen molar-refractivity contribution in [2.45, 2.75) is 39.2 Å². The molecule has 96 valence electrons. The minimum Gasteiger partial charge on any atom is -0.399 e. The summed E-state index contributed by atoms with van der Waals surface area (Å²) < 4.78 is 0. The van der Waals surface area contributed by atoms with Gasteiger partial charge in [-0.05, 0) is 31.0 Å². The summed E-state index contributed by atoms with van der Waals surface area (Å²) in [6, 6.07) is 7.32. The standard InChI is InChI=1S/C13H20N2O.ClH/c1-3-6-12(4-2)15-13(16)10-7-5-8-11(14)9-10;/h5,7-9,12H,3-4,6,14H2,1-2H3,(H,15,16);1H. The first-order valence-corrected chi connectivity index (χ1v) is 5.83. The Bertz CT molecular complexity index is 355. The van der Waals surface area contributed by atoms with E-state index in [1.54, 1.807) is 24.3 Å². The molecule has 0 saturated carbocycles. The van der Waals surface area contributed by atoms with Crippen LogP contribution in [0.5, 0.6) is 0 Å². The zero-order valence-corrected chi connectivity index (χ0v) is 11.2. The van der Waals surface area contributed by atoms with E-state index in [-0.39, 0.29) is 24.4 Å². The smallest absolute Gasteiger partial charge is 0.251 e. The largest absolute Gasteiger partial charge is 0.399 e. The number of rotatable bonds is 5. The van der Waals surface area contributed by atoms with Gasteiger partial charge in [0.15, 0.2) is 0 Å². The molecule has 17 heavy (non-hydrogen) atoms. The third kappa shape index (κ3) is 5.09. The van der Waals surface area contributed by atoms with Crippen LogP contribution in [-0.4, -0.2) is 11.9 Å². The van der Waals surface area contributed by atoms with Crippen LogP contribution in [0, 0.1) is 0 Å². The Labute approximate surface area is 109 Å². The van der Waals surface area contributed by atoms with E-state index in [1.165, 1.54) is 0 Å². The number of nitrogens with two attached hydrogens (primary N) is 1. The van der Waals surface area contributed by atoms with Gasteiger partial charge in [0.25, 0.3) is 5.91 Å². The van der Waals surface area contributed by atoms with Gasteiger partial charge in [-0.3, -0.25) is 4.79 Å². The van der Waals surface area contributed by atoms with Crippen LogP contribution in [-0.2, 0) is 0 Å². The highest BCUT2D eigenvalue weighted by molar-refractivity contribution is 5.95. The number of nitrogens with one attached hydrogen (secondary N) is 1. The van der Waals surface area contributed by atoms with Crippen molar-refractivity contribution < 1.29 is 4.79 Å². The Balaban J connectivity index is 0.00000256. The lowest BCUT2D eigenvalue weighted by Crippen LogP contribution is -2.34. The molecule has 0 bridgehead atoms. The van der Waals surface area contributed by atoms with Gasteiger partial charge in [-0.1, -0.05) is 26.3 Å². The average molecular weight is 257 g/mol. The van der Waals surface area contributed by atoms with Crippen molar-refractivity contribution in [1.82, 2.24) is 5.32 Å². The van der Waals surface area contributed by atoms with E-state index in [4.69, 9.17) is 5.73 Å². The lowest BCUT2D eigenvalue weighted by molar-refractivity contribution is 0.0934. The first-order valence-electron chi connectivity index (χ1n) is 5.83. The number of amides is 1. The fraction of sp³-hybridized carbons (Fsp3) is 0.462. The van der Waals surface area contributed by atoms with Crippen molar-refractivity contribution in [2.75, 3.05) is 5.73 Å². The highest BCUT2D eigenvalue weighted by Crippen LogP contribution is 2.08. The van der Waals surface area contributed by atoms with Crippen LogP contribution in [0.2, 0.25) is 0 Å². The summed E-state index contributed by atoms with van der Waals surface area (Å²) in [6.45, 7) is 4.20. The molecule has 1 aromatic rings. The van der Waals surface area contributed by atoms with E-state index in [1.807, 2.05) is 0 Å². The van der Waals surface area contributed by atoms with E-state index in [9.17, 15) is 4.79 Å². The summed E-state index contributed by atoms with van der Waals surface area (Å²) >= 11 is 0. The molecule has 0 aliphatic carbocycles. The van der Waals surface area contributed by atoms with Crippen molar-refractivity contribution in [3.63, 3.8) is 0 Å². The van der Waals surface area contributed by atoms with Crippen LogP contribution in [0.1, 0.15) is 43.5 Å². The molecule has 0 saturated heterocycles. The minimum atomic E-state index is -0.0346. The van der Waals surface area contributed by atoms with E-state index < -0.39 is 0 Å². The van der Waals surface area contributed by atoms with Crippen LogP contribution in [0.25, 0.3) is 0 Å². The first kappa shape index (κ1) is 15.8. The van der Waals surface area contributed by atoms with E-state index in [0.717, 1.165) is 19.3 Å². The molecule has 0 radical (unpaired) electrons. The SMILES string of the molecule is CCCC(CC)NC(=O)c1cccc(N)c1.Cl. The lowest BCUT2D eigenvalue weighted by Gasteiger charge is -2.16. The van der Waals surface area contributed by atoms with Gasteiger partial charge in [0.2, 0.25) is 0 Å². The third-order valence-electron chi connectivity index (χ3n) is 2.61. The van der Waals surface area contributed by atoms with Crippen LogP contribution < -0.4 is 11.1 Å². The Morgan fingerprint density at radius 1 is 1.41 bits per heavy atom. The molecule has 4 heteroatoms. The van der Waals surface area contributed by atoms with Crippen LogP contribution in [0.15, 0.2) is 24.3 Å². The van der Waals surface area contributed by atoms with Gasteiger partial charge in [-0.2, -0.15) is 0 Å². The van der Waals surface area contributed by atoms with Crippen molar-refractivity contribution in [3.05, 3.63) is 29.8 Å². The highest BCUT2D eigenvalue weighted by Gasteiger charge is 2.11. The van der Waals surface area contributed by atoms with Crippen molar-refractivity contribution >= 4 is 24.0 Å². The molecular weight excluding hydrogens is 236 g/mol. The molecule has 0 aliphatic rings. The summed E-state index contributed by atoms with van der Waals surface area (Å²) in [5.74, 6) is -0.0346. The summed E-state index contributed by atoms with van der Waals surface area (Å²) in [5, 5.41) is 3.02. The van der Waals surface area contributed by atoms with Gasteiger partial charge in [0.05, 0.1) is 0 Å². The lowest BCUT2D eigenvalue weighted by atomic mass is 10.1. The molecule has 1 aromatic carbocycles. The molecule has 1 unspecified atom stereocenters. The number of benzene rings is 1. The normalized spacial score (nSPS) is 11.4. The molecule has 1 amide bonds. The second-order valence-corrected chi connectivity index (χ2v) is 3.99. The predicted molar refractivity (Wildman–Crippen MR) is 74.6 cm³/mol. The van der Waals surface area contributed by atoms with Gasteiger partial charge >= 0.3 is 0 Å². The average Bonchev–Trinajstić information content (AvgIpc) is 2.28. The van der Waals surface area contributed by atoms with Gasteiger partial charge < -0.3 is 11.1 Å². The van der Waals surface area contributed by atoms with Crippen LogP contribution in [0.4, 0.5) is 5.69 Å². The van der Waals surface area contributed by atoms with Crippen LogP contribution in [0.3, 0.4) is 0 Å². The van der Waals surface area contributed by atoms with E-state index >= 15 is 0 Å². The first-order chi connectivity index (χ1) is 7.67. The topological polar surface area (TPSA) is 55.1 Å².